The van der Waals surface area contributed by atoms with Crippen molar-refractivity contribution in [3.05, 3.63) is 27.3 Å². The normalized spacial score (nSPS) is 12.6. The van der Waals surface area contributed by atoms with E-state index in [4.69, 9.17) is 0 Å². The summed E-state index contributed by atoms with van der Waals surface area (Å²) in [7, 11) is 0. The van der Waals surface area contributed by atoms with Crippen molar-refractivity contribution in [1.29, 1.82) is 0 Å². The smallest absolute Gasteiger partial charge is 0.226 e. The van der Waals surface area contributed by atoms with Crippen LogP contribution in [0.15, 0.2) is 18.2 Å². The number of nitrogens with one attached hydrogen (secondary N) is 1. The third-order valence-electron chi connectivity index (χ3n) is 2.71. The first-order chi connectivity index (χ1) is 7.91. The summed E-state index contributed by atoms with van der Waals surface area (Å²) >= 11 is 2.23. The number of aliphatic hydroxyl groups is 1. The summed E-state index contributed by atoms with van der Waals surface area (Å²) < 4.78 is 1.12. The van der Waals surface area contributed by atoms with Crippen LogP contribution in [0.2, 0.25) is 0 Å². The van der Waals surface area contributed by atoms with Crippen molar-refractivity contribution in [1.82, 2.24) is 0 Å². The number of hydrogen-bond donors (Lipinski definition) is 2. The topological polar surface area (TPSA) is 49.3 Å². The summed E-state index contributed by atoms with van der Waals surface area (Å²) in [4.78, 5) is 11.7. The molecule has 1 aromatic carbocycles. The molecule has 4 heteroatoms. The van der Waals surface area contributed by atoms with E-state index >= 15 is 0 Å². The lowest BCUT2D eigenvalue weighted by Crippen LogP contribution is -2.24. The molecule has 1 rings (SSSR count). The Morgan fingerprint density at radius 1 is 1.47 bits per heavy atom. The first-order valence-electron chi connectivity index (χ1n) is 5.65. The first kappa shape index (κ1) is 14.4. The molecule has 1 unspecified atom stereocenters. The molecule has 1 amide bonds. The highest BCUT2D eigenvalue weighted by atomic mass is 127. The third-order valence-corrected chi connectivity index (χ3v) is 3.87. The molecule has 94 valence electrons. The number of rotatable bonds is 4. The fraction of sp³-hybridized carbons (Fsp3) is 0.462. The van der Waals surface area contributed by atoms with Crippen LogP contribution in [0.3, 0.4) is 0 Å². The van der Waals surface area contributed by atoms with Gasteiger partial charge in [0.05, 0.1) is 12.5 Å². The molecule has 0 spiro atoms. The van der Waals surface area contributed by atoms with Crippen molar-refractivity contribution in [3.63, 3.8) is 0 Å². The van der Waals surface area contributed by atoms with Gasteiger partial charge in [0, 0.05) is 9.26 Å². The van der Waals surface area contributed by atoms with Gasteiger partial charge in [0.2, 0.25) is 5.91 Å². The Morgan fingerprint density at radius 2 is 2.12 bits per heavy atom. The molecule has 1 aromatic rings. The van der Waals surface area contributed by atoms with Gasteiger partial charge in [-0.2, -0.15) is 0 Å². The van der Waals surface area contributed by atoms with E-state index in [0.717, 1.165) is 14.8 Å². The molecular formula is C13H18INO2. The number of aliphatic hydroxyl groups excluding tert-OH is 1. The van der Waals surface area contributed by atoms with Gasteiger partial charge in [0.1, 0.15) is 0 Å². The van der Waals surface area contributed by atoms with Crippen LogP contribution >= 0.6 is 22.6 Å². The van der Waals surface area contributed by atoms with Gasteiger partial charge in [-0.3, -0.25) is 4.79 Å². The van der Waals surface area contributed by atoms with E-state index in [2.05, 4.69) is 27.9 Å². The van der Waals surface area contributed by atoms with Gasteiger partial charge < -0.3 is 10.4 Å². The highest BCUT2D eigenvalue weighted by molar-refractivity contribution is 14.1. The number of carbonyl (C=O) groups is 1. The van der Waals surface area contributed by atoms with E-state index < -0.39 is 6.10 Å². The van der Waals surface area contributed by atoms with E-state index in [-0.39, 0.29) is 18.2 Å². The van der Waals surface area contributed by atoms with Crippen molar-refractivity contribution < 1.29 is 9.90 Å². The molecule has 3 nitrogen and oxygen atoms in total. The molecule has 0 heterocycles. The largest absolute Gasteiger partial charge is 0.392 e. The molecule has 1 atom stereocenters. The fourth-order valence-corrected chi connectivity index (χ4v) is 1.87. The van der Waals surface area contributed by atoms with Crippen LogP contribution < -0.4 is 5.32 Å². The molecule has 0 aliphatic carbocycles. The maximum atomic E-state index is 11.7. The lowest BCUT2D eigenvalue weighted by Gasteiger charge is -2.15. The van der Waals surface area contributed by atoms with Crippen LogP contribution in [0.5, 0.6) is 0 Å². The highest BCUT2D eigenvalue weighted by Gasteiger charge is 2.15. The maximum Gasteiger partial charge on any atom is 0.226 e. The van der Waals surface area contributed by atoms with Crippen LogP contribution in [-0.2, 0) is 4.79 Å². The van der Waals surface area contributed by atoms with Gasteiger partial charge in [-0.1, -0.05) is 19.9 Å². The van der Waals surface area contributed by atoms with Gasteiger partial charge in [0.15, 0.2) is 0 Å². The second-order valence-electron chi connectivity index (χ2n) is 4.48. The lowest BCUT2D eigenvalue weighted by molar-refractivity contribution is -0.118. The zero-order valence-corrected chi connectivity index (χ0v) is 12.5. The minimum Gasteiger partial charge on any atom is -0.392 e. The van der Waals surface area contributed by atoms with Gasteiger partial charge in [-0.15, -0.1) is 0 Å². The predicted octanol–water partition coefficient (Wildman–Crippen LogP) is 2.95. The van der Waals surface area contributed by atoms with E-state index in [0.29, 0.717) is 0 Å². The maximum absolute atomic E-state index is 11.7. The first-order valence-corrected chi connectivity index (χ1v) is 6.72. The van der Waals surface area contributed by atoms with Crippen LogP contribution in [-0.4, -0.2) is 17.1 Å². The van der Waals surface area contributed by atoms with Gasteiger partial charge >= 0.3 is 0 Å². The Labute approximate surface area is 116 Å². The number of amides is 1. The number of anilines is 1. The van der Waals surface area contributed by atoms with Gasteiger partial charge in [-0.25, -0.2) is 0 Å². The summed E-state index contributed by atoms with van der Waals surface area (Å²) in [5.41, 5.74) is 1.87. The highest BCUT2D eigenvalue weighted by Crippen LogP contribution is 2.20. The van der Waals surface area contributed by atoms with Crippen molar-refractivity contribution >= 4 is 34.2 Å². The molecule has 0 aliphatic heterocycles. The van der Waals surface area contributed by atoms with E-state index in [1.54, 1.807) is 0 Å². The standard InChI is InChI=1S/C13H18INO2/c1-8(2)12(16)7-13(17)15-11-6-4-5-10(14)9(11)3/h4-6,8,12,16H,7H2,1-3H3,(H,15,17). The summed E-state index contributed by atoms with van der Waals surface area (Å²) in [6.07, 6.45) is -0.444. The molecule has 0 aromatic heterocycles. The van der Waals surface area contributed by atoms with E-state index in [1.807, 2.05) is 39.0 Å². The summed E-state index contributed by atoms with van der Waals surface area (Å²) in [5.74, 6) is -0.0472. The molecular weight excluding hydrogens is 329 g/mol. The molecule has 0 aliphatic rings. The summed E-state index contributed by atoms with van der Waals surface area (Å²) in [6.45, 7) is 5.76. The Kier molecular flexibility index (Phi) is 5.39. The minimum atomic E-state index is -0.585. The van der Waals surface area contributed by atoms with Gasteiger partial charge in [-0.05, 0) is 53.1 Å². The second kappa shape index (κ2) is 6.35. The van der Waals surface area contributed by atoms with Crippen molar-refractivity contribution in [2.75, 3.05) is 5.32 Å². The van der Waals surface area contributed by atoms with Crippen molar-refractivity contribution in [3.8, 4) is 0 Å². The van der Waals surface area contributed by atoms with Crippen LogP contribution in [0.1, 0.15) is 25.8 Å². The monoisotopic (exact) mass is 347 g/mol. The molecule has 0 bridgehead atoms. The Balaban J connectivity index is 2.66. The van der Waals surface area contributed by atoms with E-state index in [9.17, 15) is 9.90 Å². The average molecular weight is 347 g/mol. The average Bonchev–Trinajstić information content (AvgIpc) is 2.24. The van der Waals surface area contributed by atoms with Crippen molar-refractivity contribution in [2.45, 2.75) is 33.3 Å². The minimum absolute atomic E-state index is 0.0951. The summed E-state index contributed by atoms with van der Waals surface area (Å²) in [5, 5.41) is 12.5. The Morgan fingerprint density at radius 3 is 2.71 bits per heavy atom. The fourth-order valence-electron chi connectivity index (χ4n) is 1.37. The van der Waals surface area contributed by atoms with Crippen LogP contribution in [0.4, 0.5) is 5.69 Å². The molecule has 17 heavy (non-hydrogen) atoms. The Bertz CT molecular complexity index is 404. The van der Waals surface area contributed by atoms with Gasteiger partial charge in [0.25, 0.3) is 0 Å². The van der Waals surface area contributed by atoms with Crippen LogP contribution in [0.25, 0.3) is 0 Å². The van der Waals surface area contributed by atoms with Crippen molar-refractivity contribution in [2.24, 2.45) is 5.92 Å². The number of halogens is 1. The van der Waals surface area contributed by atoms with Crippen LogP contribution in [0, 0.1) is 16.4 Å². The zero-order valence-electron chi connectivity index (χ0n) is 10.3. The second-order valence-corrected chi connectivity index (χ2v) is 5.64. The number of hydrogen-bond acceptors (Lipinski definition) is 2. The number of benzene rings is 1. The molecule has 0 radical (unpaired) electrons. The Hall–Kier alpha value is -0.620. The third kappa shape index (κ3) is 4.27. The zero-order chi connectivity index (χ0) is 13.0. The summed E-state index contributed by atoms with van der Waals surface area (Å²) in [6, 6.07) is 5.77. The molecule has 0 saturated carbocycles. The molecule has 0 saturated heterocycles. The number of carbonyl (C=O) groups excluding carboxylic acids is 1. The quantitative estimate of drug-likeness (QED) is 0.823. The molecule has 2 N–H and O–H groups in total. The molecule has 0 fully saturated rings. The van der Waals surface area contributed by atoms with E-state index in [1.165, 1.54) is 0 Å². The predicted molar refractivity (Wildman–Crippen MR) is 78.0 cm³/mol. The SMILES string of the molecule is Cc1c(I)cccc1NC(=O)CC(O)C(C)C. The lowest BCUT2D eigenvalue weighted by atomic mass is 10.0.